The van der Waals surface area contributed by atoms with Crippen molar-refractivity contribution >= 4 is 16.7 Å². The van der Waals surface area contributed by atoms with E-state index in [4.69, 9.17) is 4.74 Å². The van der Waals surface area contributed by atoms with E-state index in [1.165, 1.54) is 25.3 Å². The summed E-state index contributed by atoms with van der Waals surface area (Å²) in [5, 5.41) is 0.186. The second-order valence-electron chi connectivity index (χ2n) is 3.80. The average molecular weight is 270 g/mol. The van der Waals surface area contributed by atoms with Crippen molar-refractivity contribution in [1.29, 1.82) is 0 Å². The number of halogens is 3. The molecule has 1 aromatic carbocycles. The third kappa shape index (κ3) is 2.35. The standard InChI is InChI=1S/C12H9F3N2O2/c1-6(18)10-9-7(4-3-5-8(9)19-2)16-11(17-10)12(13,14)15/h3-5H,1-2H3. The summed E-state index contributed by atoms with van der Waals surface area (Å²) in [4.78, 5) is 18.2. The fourth-order valence-electron chi connectivity index (χ4n) is 1.70. The van der Waals surface area contributed by atoms with Gasteiger partial charge in [-0.3, -0.25) is 4.79 Å². The van der Waals surface area contributed by atoms with E-state index in [2.05, 4.69) is 9.97 Å². The summed E-state index contributed by atoms with van der Waals surface area (Å²) in [6.07, 6.45) is -4.71. The largest absolute Gasteiger partial charge is 0.496 e. The van der Waals surface area contributed by atoms with Gasteiger partial charge in [0.05, 0.1) is 18.0 Å². The number of nitrogens with zero attached hydrogens (tertiary/aromatic N) is 2. The van der Waals surface area contributed by atoms with Crippen LogP contribution in [0.1, 0.15) is 23.2 Å². The molecule has 0 unspecified atom stereocenters. The number of Topliss-reactive ketones (excluding diaryl/α,β-unsaturated/α-hetero) is 1. The zero-order chi connectivity index (χ0) is 14.2. The van der Waals surface area contributed by atoms with E-state index in [-0.39, 0.29) is 22.3 Å². The number of ketones is 1. The molecule has 7 heteroatoms. The van der Waals surface area contributed by atoms with Crippen LogP contribution in [-0.4, -0.2) is 22.9 Å². The Morgan fingerprint density at radius 3 is 2.47 bits per heavy atom. The number of fused-ring (bicyclic) bond motifs is 1. The smallest absolute Gasteiger partial charge is 0.451 e. The Balaban J connectivity index is 2.87. The minimum atomic E-state index is -4.71. The number of ether oxygens (including phenoxy) is 1. The Labute approximate surface area is 106 Å². The first-order chi connectivity index (χ1) is 8.84. The summed E-state index contributed by atoms with van der Waals surface area (Å²) in [5.74, 6) is -1.66. The van der Waals surface area contributed by atoms with Gasteiger partial charge < -0.3 is 4.74 Å². The number of alkyl halides is 3. The lowest BCUT2D eigenvalue weighted by Gasteiger charge is -2.11. The van der Waals surface area contributed by atoms with Gasteiger partial charge in [0.25, 0.3) is 0 Å². The van der Waals surface area contributed by atoms with Gasteiger partial charge in [0.1, 0.15) is 11.4 Å². The zero-order valence-corrected chi connectivity index (χ0v) is 10.1. The van der Waals surface area contributed by atoms with Crippen LogP contribution in [-0.2, 0) is 6.18 Å². The van der Waals surface area contributed by atoms with Gasteiger partial charge in [-0.25, -0.2) is 9.97 Å². The van der Waals surface area contributed by atoms with Gasteiger partial charge in [0.15, 0.2) is 5.78 Å². The van der Waals surface area contributed by atoms with Gasteiger partial charge in [0.2, 0.25) is 5.82 Å². The fourth-order valence-corrected chi connectivity index (χ4v) is 1.70. The van der Waals surface area contributed by atoms with E-state index in [0.29, 0.717) is 0 Å². The zero-order valence-electron chi connectivity index (χ0n) is 10.1. The highest BCUT2D eigenvalue weighted by Crippen LogP contribution is 2.32. The molecule has 0 saturated heterocycles. The molecule has 0 amide bonds. The maximum atomic E-state index is 12.7. The topological polar surface area (TPSA) is 52.1 Å². The van der Waals surface area contributed by atoms with E-state index >= 15 is 0 Å². The monoisotopic (exact) mass is 270 g/mol. The van der Waals surface area contributed by atoms with Crippen molar-refractivity contribution in [3.63, 3.8) is 0 Å². The van der Waals surface area contributed by atoms with E-state index in [1.807, 2.05) is 0 Å². The summed E-state index contributed by atoms with van der Waals surface area (Å²) < 4.78 is 43.1. The molecule has 2 aromatic rings. The van der Waals surface area contributed by atoms with Crippen molar-refractivity contribution < 1.29 is 22.7 Å². The first-order valence-electron chi connectivity index (χ1n) is 5.27. The lowest BCUT2D eigenvalue weighted by molar-refractivity contribution is -0.144. The number of methoxy groups -OCH3 is 1. The number of rotatable bonds is 2. The second kappa shape index (κ2) is 4.49. The summed E-state index contributed by atoms with van der Waals surface area (Å²) in [6, 6.07) is 4.41. The quantitative estimate of drug-likeness (QED) is 0.787. The fraction of sp³-hybridized carbons (Fsp3) is 0.250. The Hall–Kier alpha value is -2.18. The molecule has 0 aliphatic heterocycles. The Morgan fingerprint density at radius 2 is 1.95 bits per heavy atom. The number of hydrogen-bond acceptors (Lipinski definition) is 4. The van der Waals surface area contributed by atoms with Crippen LogP contribution < -0.4 is 4.74 Å². The van der Waals surface area contributed by atoms with E-state index in [9.17, 15) is 18.0 Å². The molecular weight excluding hydrogens is 261 g/mol. The highest BCUT2D eigenvalue weighted by molar-refractivity contribution is 6.06. The molecule has 1 heterocycles. The first-order valence-corrected chi connectivity index (χ1v) is 5.27. The maximum absolute atomic E-state index is 12.7. The molecule has 100 valence electrons. The van der Waals surface area contributed by atoms with E-state index < -0.39 is 17.8 Å². The van der Waals surface area contributed by atoms with Gasteiger partial charge >= 0.3 is 6.18 Å². The maximum Gasteiger partial charge on any atom is 0.451 e. The molecular formula is C12H9F3N2O2. The van der Waals surface area contributed by atoms with Crippen LogP contribution in [0.3, 0.4) is 0 Å². The number of carbonyl (C=O) groups excluding carboxylic acids is 1. The average Bonchev–Trinajstić information content (AvgIpc) is 2.35. The van der Waals surface area contributed by atoms with Gasteiger partial charge in [-0.2, -0.15) is 13.2 Å². The number of carbonyl (C=O) groups is 1. The summed E-state index contributed by atoms with van der Waals surface area (Å²) in [7, 11) is 1.36. The molecule has 1 aromatic heterocycles. The molecule has 19 heavy (non-hydrogen) atoms. The number of aromatic nitrogens is 2. The Bertz CT molecular complexity index is 653. The van der Waals surface area contributed by atoms with Crippen molar-refractivity contribution in [2.24, 2.45) is 0 Å². The van der Waals surface area contributed by atoms with Crippen molar-refractivity contribution in [3.05, 3.63) is 29.7 Å². The number of benzene rings is 1. The van der Waals surface area contributed by atoms with Crippen LogP contribution in [0.15, 0.2) is 18.2 Å². The van der Waals surface area contributed by atoms with Gasteiger partial charge in [-0.05, 0) is 12.1 Å². The third-order valence-corrected chi connectivity index (χ3v) is 2.49. The van der Waals surface area contributed by atoms with Crippen LogP contribution >= 0.6 is 0 Å². The minimum Gasteiger partial charge on any atom is -0.496 e. The van der Waals surface area contributed by atoms with Crippen LogP contribution in [0.25, 0.3) is 10.9 Å². The second-order valence-corrected chi connectivity index (χ2v) is 3.80. The van der Waals surface area contributed by atoms with E-state index in [1.54, 1.807) is 0 Å². The molecule has 0 aliphatic rings. The molecule has 0 saturated carbocycles. The highest BCUT2D eigenvalue weighted by Gasteiger charge is 2.36. The lowest BCUT2D eigenvalue weighted by Crippen LogP contribution is -2.14. The van der Waals surface area contributed by atoms with Crippen molar-refractivity contribution in [1.82, 2.24) is 9.97 Å². The predicted octanol–water partition coefficient (Wildman–Crippen LogP) is 2.86. The van der Waals surface area contributed by atoms with Gasteiger partial charge in [-0.15, -0.1) is 0 Å². The molecule has 0 fully saturated rings. The number of hydrogen-bond donors (Lipinski definition) is 0. The normalized spacial score (nSPS) is 11.6. The highest BCUT2D eigenvalue weighted by atomic mass is 19.4. The molecule has 0 spiro atoms. The Morgan fingerprint density at radius 1 is 1.26 bits per heavy atom. The first kappa shape index (κ1) is 13.3. The molecule has 0 atom stereocenters. The van der Waals surface area contributed by atoms with E-state index in [0.717, 1.165) is 6.92 Å². The molecule has 0 bridgehead atoms. The van der Waals surface area contributed by atoms with Crippen LogP contribution in [0.4, 0.5) is 13.2 Å². The summed E-state index contributed by atoms with van der Waals surface area (Å²) in [5.41, 5.74) is -0.276. The summed E-state index contributed by atoms with van der Waals surface area (Å²) >= 11 is 0. The van der Waals surface area contributed by atoms with Crippen LogP contribution in [0, 0.1) is 0 Å². The Kier molecular flexibility index (Phi) is 3.13. The molecule has 0 N–H and O–H groups in total. The van der Waals surface area contributed by atoms with Crippen molar-refractivity contribution in [2.45, 2.75) is 13.1 Å². The molecule has 4 nitrogen and oxygen atoms in total. The molecule has 2 rings (SSSR count). The lowest BCUT2D eigenvalue weighted by atomic mass is 10.1. The van der Waals surface area contributed by atoms with Crippen molar-refractivity contribution in [3.8, 4) is 5.75 Å². The summed E-state index contributed by atoms with van der Waals surface area (Å²) in [6.45, 7) is 1.15. The van der Waals surface area contributed by atoms with Crippen LogP contribution in [0.2, 0.25) is 0 Å². The van der Waals surface area contributed by atoms with Gasteiger partial charge in [-0.1, -0.05) is 6.07 Å². The SMILES string of the molecule is COc1cccc2nc(C(F)(F)F)nc(C(C)=O)c12. The van der Waals surface area contributed by atoms with Crippen LogP contribution in [0.5, 0.6) is 5.75 Å². The predicted molar refractivity (Wildman–Crippen MR) is 61.1 cm³/mol. The molecule has 0 aliphatic carbocycles. The van der Waals surface area contributed by atoms with Crippen molar-refractivity contribution in [2.75, 3.05) is 7.11 Å². The molecule has 0 radical (unpaired) electrons. The minimum absolute atomic E-state index is 0.0203. The van der Waals surface area contributed by atoms with Gasteiger partial charge in [0, 0.05) is 6.92 Å². The third-order valence-electron chi connectivity index (χ3n) is 2.49.